The van der Waals surface area contributed by atoms with E-state index in [0.29, 0.717) is 0 Å². The highest BCUT2D eigenvalue weighted by atomic mass is 19.4. The number of nitro benzene ring substituents is 1. The van der Waals surface area contributed by atoms with Gasteiger partial charge in [0.15, 0.2) is 0 Å². The summed E-state index contributed by atoms with van der Waals surface area (Å²) in [6, 6.07) is 6.26. The van der Waals surface area contributed by atoms with Crippen molar-refractivity contribution in [1.29, 1.82) is 0 Å². The summed E-state index contributed by atoms with van der Waals surface area (Å²) in [6.45, 7) is 0. The third kappa shape index (κ3) is 4.15. The third-order valence-corrected chi connectivity index (χ3v) is 2.93. The Labute approximate surface area is 130 Å². The monoisotopic (exact) mass is 351 g/mol. The summed E-state index contributed by atoms with van der Waals surface area (Å²) in [5, 5.41) is 10.9. The van der Waals surface area contributed by atoms with E-state index in [1.165, 1.54) is 0 Å². The molecule has 0 amide bonds. The summed E-state index contributed by atoms with van der Waals surface area (Å²) in [6.07, 6.45) is -9.66. The Kier molecular flexibility index (Phi) is 4.41. The summed E-state index contributed by atoms with van der Waals surface area (Å²) in [7, 11) is 0. The van der Waals surface area contributed by atoms with Gasteiger partial charge < -0.3 is 4.74 Å². The third-order valence-electron chi connectivity index (χ3n) is 2.93. The van der Waals surface area contributed by atoms with Crippen LogP contribution in [-0.4, -0.2) is 11.3 Å². The Balaban J connectivity index is 2.42. The van der Waals surface area contributed by atoms with Gasteiger partial charge in [0.2, 0.25) is 5.75 Å². The molecule has 0 aliphatic carbocycles. The van der Waals surface area contributed by atoms with Crippen LogP contribution in [0.15, 0.2) is 42.5 Å². The number of hydrogen-bond donors (Lipinski definition) is 0. The molecule has 0 saturated heterocycles. The van der Waals surface area contributed by atoms with E-state index >= 15 is 0 Å². The van der Waals surface area contributed by atoms with E-state index in [1.54, 1.807) is 0 Å². The van der Waals surface area contributed by atoms with Crippen LogP contribution in [0.2, 0.25) is 0 Å². The van der Waals surface area contributed by atoms with Crippen LogP contribution in [-0.2, 0) is 6.18 Å². The van der Waals surface area contributed by atoms with Crippen LogP contribution in [0, 0.1) is 10.1 Å². The van der Waals surface area contributed by atoms with Crippen LogP contribution in [0.3, 0.4) is 0 Å². The molecular weight excluding hydrogens is 344 g/mol. The zero-order valence-corrected chi connectivity index (χ0v) is 11.5. The maximum Gasteiger partial charge on any atom is 0.573 e. The SMILES string of the molecule is O=[N+]([O-])c1cc(-c2ccc(C(F)(F)F)cc2)ccc1OC(F)(F)F. The number of alkyl halides is 6. The number of nitrogens with zero attached hydrogens (tertiary/aromatic N) is 1. The normalized spacial score (nSPS) is 12.1. The highest BCUT2D eigenvalue weighted by molar-refractivity contribution is 5.69. The maximum absolute atomic E-state index is 12.5. The lowest BCUT2D eigenvalue weighted by molar-refractivity contribution is -0.388. The van der Waals surface area contributed by atoms with Crippen molar-refractivity contribution in [2.75, 3.05) is 0 Å². The van der Waals surface area contributed by atoms with E-state index in [1.807, 2.05) is 0 Å². The molecule has 0 fully saturated rings. The van der Waals surface area contributed by atoms with Crippen molar-refractivity contribution in [1.82, 2.24) is 0 Å². The summed E-state index contributed by atoms with van der Waals surface area (Å²) in [5.41, 5.74) is -1.63. The predicted molar refractivity (Wildman–Crippen MR) is 70.2 cm³/mol. The summed E-state index contributed by atoms with van der Waals surface area (Å²) in [5.74, 6) is -1.01. The van der Waals surface area contributed by atoms with Crippen LogP contribution in [0.5, 0.6) is 5.75 Å². The van der Waals surface area contributed by atoms with Gasteiger partial charge in [0.25, 0.3) is 0 Å². The van der Waals surface area contributed by atoms with Gasteiger partial charge in [-0.2, -0.15) is 13.2 Å². The second-order valence-corrected chi connectivity index (χ2v) is 4.56. The molecule has 0 bridgehead atoms. The van der Waals surface area contributed by atoms with Gasteiger partial charge in [-0.05, 0) is 29.3 Å². The Hall–Kier alpha value is -2.78. The first kappa shape index (κ1) is 17.6. The van der Waals surface area contributed by atoms with Gasteiger partial charge in [-0.25, -0.2) is 0 Å². The number of halogens is 6. The molecule has 0 N–H and O–H groups in total. The molecule has 2 aromatic carbocycles. The molecule has 0 aliphatic heterocycles. The molecule has 2 rings (SSSR count). The fourth-order valence-corrected chi connectivity index (χ4v) is 1.90. The minimum absolute atomic E-state index is 0.0740. The van der Waals surface area contributed by atoms with Gasteiger partial charge >= 0.3 is 18.2 Å². The maximum atomic E-state index is 12.5. The molecule has 4 nitrogen and oxygen atoms in total. The lowest BCUT2D eigenvalue weighted by atomic mass is 10.0. The van der Waals surface area contributed by atoms with Gasteiger partial charge in [-0.3, -0.25) is 10.1 Å². The van der Waals surface area contributed by atoms with Crippen molar-refractivity contribution in [3.05, 3.63) is 58.1 Å². The number of nitro groups is 1. The number of benzene rings is 2. The second kappa shape index (κ2) is 6.02. The summed E-state index contributed by atoms with van der Waals surface area (Å²) < 4.78 is 77.7. The molecule has 0 unspecified atom stereocenters. The topological polar surface area (TPSA) is 52.4 Å². The van der Waals surface area contributed by atoms with Crippen LogP contribution < -0.4 is 4.74 Å². The molecule has 10 heteroatoms. The van der Waals surface area contributed by atoms with Gasteiger partial charge in [0.05, 0.1) is 10.5 Å². The Morgan fingerprint density at radius 1 is 0.875 bits per heavy atom. The summed E-state index contributed by atoms with van der Waals surface area (Å²) in [4.78, 5) is 9.81. The molecular formula is C14H7F6NO3. The quantitative estimate of drug-likeness (QED) is 0.435. The van der Waals surface area contributed by atoms with Crippen molar-refractivity contribution in [3.8, 4) is 16.9 Å². The van der Waals surface area contributed by atoms with E-state index < -0.39 is 34.5 Å². The van der Waals surface area contributed by atoms with Gasteiger partial charge in [-0.15, -0.1) is 13.2 Å². The van der Waals surface area contributed by atoms with Crippen LogP contribution >= 0.6 is 0 Å². The molecule has 0 aromatic heterocycles. The zero-order chi connectivity index (χ0) is 18.1. The molecule has 0 radical (unpaired) electrons. The molecule has 128 valence electrons. The van der Waals surface area contributed by atoms with Crippen molar-refractivity contribution in [2.45, 2.75) is 12.5 Å². The zero-order valence-electron chi connectivity index (χ0n) is 11.5. The van der Waals surface area contributed by atoms with Crippen molar-refractivity contribution in [3.63, 3.8) is 0 Å². The van der Waals surface area contributed by atoms with E-state index in [2.05, 4.69) is 4.74 Å². The van der Waals surface area contributed by atoms with Crippen molar-refractivity contribution < 1.29 is 36.0 Å². The molecule has 0 spiro atoms. The van der Waals surface area contributed by atoms with E-state index in [-0.39, 0.29) is 11.1 Å². The van der Waals surface area contributed by atoms with Gasteiger partial charge in [0.1, 0.15) is 0 Å². The van der Waals surface area contributed by atoms with Crippen molar-refractivity contribution in [2.24, 2.45) is 0 Å². The number of rotatable bonds is 3. The first-order chi connectivity index (χ1) is 11.0. The Morgan fingerprint density at radius 3 is 1.88 bits per heavy atom. The van der Waals surface area contributed by atoms with Crippen LogP contribution in [0.1, 0.15) is 5.56 Å². The lowest BCUT2D eigenvalue weighted by Gasteiger charge is -2.11. The van der Waals surface area contributed by atoms with Gasteiger partial charge in [0, 0.05) is 6.07 Å². The average Bonchev–Trinajstić information content (AvgIpc) is 2.45. The van der Waals surface area contributed by atoms with E-state index in [9.17, 15) is 36.5 Å². The highest BCUT2D eigenvalue weighted by Gasteiger charge is 2.34. The predicted octanol–water partition coefficient (Wildman–Crippen LogP) is 5.18. The van der Waals surface area contributed by atoms with Crippen LogP contribution in [0.4, 0.5) is 32.0 Å². The first-order valence-electron chi connectivity index (χ1n) is 6.19. The molecule has 24 heavy (non-hydrogen) atoms. The average molecular weight is 351 g/mol. The minimum atomic E-state index is -5.11. The van der Waals surface area contributed by atoms with E-state index in [0.717, 1.165) is 42.5 Å². The van der Waals surface area contributed by atoms with Crippen LogP contribution in [0.25, 0.3) is 11.1 Å². The molecule has 2 aromatic rings. The Morgan fingerprint density at radius 2 is 1.42 bits per heavy atom. The Bertz CT molecular complexity index is 753. The molecule has 0 saturated carbocycles. The van der Waals surface area contributed by atoms with E-state index in [4.69, 9.17) is 0 Å². The standard InChI is InChI=1S/C14H7F6NO3/c15-13(16,17)10-4-1-8(2-5-10)9-3-6-12(24-14(18,19)20)11(7-9)21(22)23/h1-7H. The smallest absolute Gasteiger partial charge is 0.398 e. The first-order valence-corrected chi connectivity index (χ1v) is 6.19. The second-order valence-electron chi connectivity index (χ2n) is 4.56. The molecule has 0 aliphatic rings. The molecule has 0 heterocycles. The fourth-order valence-electron chi connectivity index (χ4n) is 1.90. The highest BCUT2D eigenvalue weighted by Crippen LogP contribution is 2.36. The number of ether oxygens (including phenoxy) is 1. The summed E-state index contributed by atoms with van der Waals surface area (Å²) >= 11 is 0. The minimum Gasteiger partial charge on any atom is -0.398 e. The number of hydrogen-bond acceptors (Lipinski definition) is 3. The lowest BCUT2D eigenvalue weighted by Crippen LogP contribution is -2.17. The van der Waals surface area contributed by atoms with Crippen molar-refractivity contribution >= 4 is 5.69 Å². The molecule has 0 atom stereocenters. The fraction of sp³-hybridized carbons (Fsp3) is 0.143. The largest absolute Gasteiger partial charge is 0.573 e. The van der Waals surface area contributed by atoms with Gasteiger partial charge in [-0.1, -0.05) is 18.2 Å².